The predicted molar refractivity (Wildman–Crippen MR) is 232 cm³/mol. The topological polar surface area (TPSA) is 210 Å². The SMILES string of the molecule is COc1ccc(Cl)cc1S(=O)(=O)N1CCCCc2ccc(C(=O)Nc3nc(CC(=O)O)cs3)cc21.COc1ccc(Cl)cc1S(=O)(=O)N1CCCCc2ccc(C(=O)O)cc21. The van der Waals surface area contributed by atoms with Crippen molar-refractivity contribution in [2.75, 3.05) is 41.2 Å². The van der Waals surface area contributed by atoms with Gasteiger partial charge >= 0.3 is 11.9 Å². The summed E-state index contributed by atoms with van der Waals surface area (Å²) in [5, 5.41) is 23.2. The van der Waals surface area contributed by atoms with Crippen molar-refractivity contribution in [2.45, 2.75) is 54.7 Å². The maximum Gasteiger partial charge on any atom is 0.335 e. The zero-order chi connectivity index (χ0) is 44.1. The van der Waals surface area contributed by atoms with Crippen LogP contribution in [-0.2, 0) is 44.1 Å². The predicted octanol–water partition coefficient (Wildman–Crippen LogP) is 7.79. The van der Waals surface area contributed by atoms with Crippen molar-refractivity contribution in [3.63, 3.8) is 0 Å². The molecule has 4 aromatic carbocycles. The first-order valence-corrected chi connectivity index (χ1v) is 23.2. The molecule has 2 aliphatic rings. The third-order valence-electron chi connectivity index (χ3n) is 9.82. The van der Waals surface area contributed by atoms with Crippen molar-refractivity contribution in [3.8, 4) is 11.5 Å². The van der Waals surface area contributed by atoms with Gasteiger partial charge in [-0.1, -0.05) is 35.3 Å². The molecule has 0 saturated carbocycles. The Morgan fingerprint density at radius 3 is 1.69 bits per heavy atom. The highest BCUT2D eigenvalue weighted by molar-refractivity contribution is 7.93. The van der Waals surface area contributed by atoms with E-state index in [0.717, 1.165) is 35.3 Å². The molecule has 5 aromatic rings. The fraction of sp³-hybridized carbons (Fsp3) is 0.268. The van der Waals surface area contributed by atoms with Crippen LogP contribution in [0.3, 0.4) is 0 Å². The van der Waals surface area contributed by atoms with Gasteiger partial charge in [0.05, 0.1) is 43.3 Å². The van der Waals surface area contributed by atoms with Crippen molar-refractivity contribution in [2.24, 2.45) is 0 Å². The first-order chi connectivity index (χ1) is 29.0. The normalized spacial score (nSPS) is 14.0. The molecule has 1 aromatic heterocycles. The molecule has 3 heterocycles. The first-order valence-electron chi connectivity index (χ1n) is 18.7. The zero-order valence-electron chi connectivity index (χ0n) is 32.8. The lowest BCUT2D eigenvalue weighted by molar-refractivity contribution is -0.136. The van der Waals surface area contributed by atoms with Crippen LogP contribution in [-0.4, -0.2) is 77.2 Å². The molecule has 0 saturated heterocycles. The number of methoxy groups -OCH3 is 2. The van der Waals surface area contributed by atoms with Crippen LogP contribution in [0.4, 0.5) is 16.5 Å². The van der Waals surface area contributed by atoms with Gasteiger partial charge in [0, 0.05) is 34.1 Å². The number of hydrogen-bond acceptors (Lipinski definition) is 11. The number of nitrogens with zero attached hydrogens (tertiary/aromatic N) is 3. The second-order valence-electron chi connectivity index (χ2n) is 13.8. The number of nitrogens with one attached hydrogen (secondary N) is 1. The molecule has 0 radical (unpaired) electrons. The van der Waals surface area contributed by atoms with Crippen LogP contribution in [0.25, 0.3) is 0 Å². The standard InChI is InChI=1S/C23H22ClN3O6S2.C18H18ClNO5S/c1-33-19-8-7-16(24)11-20(19)35(31,32)27-9-3-2-4-14-5-6-15(10-18(14)27)22(30)26-23-25-17(13-34-23)12-21(28)29;1-25-16-8-7-14(19)11-17(16)26(23,24)20-9-3-2-4-12-5-6-13(18(21)22)10-15(12)20/h5-8,10-11,13H,2-4,9,12H2,1H3,(H,28,29)(H,25,26,30);5-8,10-11H,2-4,9H2,1H3,(H,21,22). The van der Waals surface area contributed by atoms with Crippen molar-refractivity contribution in [1.29, 1.82) is 0 Å². The van der Waals surface area contributed by atoms with E-state index in [9.17, 15) is 36.3 Å². The highest BCUT2D eigenvalue weighted by Crippen LogP contribution is 2.38. The molecule has 0 unspecified atom stereocenters. The van der Waals surface area contributed by atoms with Crippen molar-refractivity contribution >= 4 is 88.9 Å². The molecule has 0 aliphatic carbocycles. The largest absolute Gasteiger partial charge is 0.495 e. The molecule has 0 fully saturated rings. The third-order valence-corrected chi connectivity index (χ3v) is 14.8. The van der Waals surface area contributed by atoms with Crippen LogP contribution >= 0.6 is 34.5 Å². The van der Waals surface area contributed by atoms with Gasteiger partial charge < -0.3 is 19.7 Å². The molecule has 1 amide bonds. The number of carbonyl (C=O) groups excluding carboxylic acids is 1. The lowest BCUT2D eigenvalue weighted by atomic mass is 10.0. The second-order valence-corrected chi connectivity index (χ2v) is 19.2. The fourth-order valence-electron chi connectivity index (χ4n) is 6.88. The average molecular weight is 932 g/mol. The number of aliphatic carboxylic acids is 1. The van der Waals surface area contributed by atoms with Gasteiger partial charge in [-0.2, -0.15) is 0 Å². The molecule has 2 aliphatic heterocycles. The number of rotatable bonds is 11. The summed E-state index contributed by atoms with van der Waals surface area (Å²) in [7, 11) is -5.24. The maximum atomic E-state index is 13.7. The van der Waals surface area contributed by atoms with Gasteiger partial charge in [0.1, 0.15) is 21.3 Å². The minimum absolute atomic E-state index is 0.0407. The Balaban J connectivity index is 0.000000213. The van der Waals surface area contributed by atoms with E-state index in [1.165, 1.54) is 59.2 Å². The Kier molecular flexibility index (Phi) is 14.1. The van der Waals surface area contributed by atoms with Gasteiger partial charge in [0.15, 0.2) is 5.13 Å². The summed E-state index contributed by atoms with van der Waals surface area (Å²) < 4.78 is 67.2. The van der Waals surface area contributed by atoms with Gasteiger partial charge in [0.2, 0.25) is 0 Å². The molecule has 20 heteroatoms. The number of fused-ring (bicyclic) bond motifs is 2. The first kappa shape index (κ1) is 45.1. The number of sulfonamides is 2. The van der Waals surface area contributed by atoms with Crippen molar-refractivity contribution in [1.82, 2.24) is 4.98 Å². The number of halogens is 2. The molecule has 0 bridgehead atoms. The smallest absolute Gasteiger partial charge is 0.335 e. The highest BCUT2D eigenvalue weighted by Gasteiger charge is 2.33. The third kappa shape index (κ3) is 10.2. The number of aryl methyl sites for hydroxylation is 2. The highest BCUT2D eigenvalue weighted by atomic mass is 35.5. The Bertz CT molecular complexity index is 2710. The quantitative estimate of drug-likeness (QED) is 0.116. The summed E-state index contributed by atoms with van der Waals surface area (Å²) in [6.45, 7) is 0.495. The Morgan fingerprint density at radius 2 is 1.21 bits per heavy atom. The van der Waals surface area contributed by atoms with Crippen LogP contribution in [0, 0.1) is 0 Å². The number of aromatic carboxylic acids is 1. The molecule has 0 atom stereocenters. The number of aromatic nitrogens is 1. The van der Waals surface area contributed by atoms with Crippen LogP contribution in [0.1, 0.15) is 63.2 Å². The summed E-state index contributed by atoms with van der Waals surface area (Å²) in [6.07, 6.45) is 4.03. The number of anilines is 3. The zero-order valence-corrected chi connectivity index (χ0v) is 36.7. The van der Waals surface area contributed by atoms with Crippen LogP contribution in [0.5, 0.6) is 11.5 Å². The number of carbonyl (C=O) groups is 3. The van der Waals surface area contributed by atoms with Gasteiger partial charge in [-0.15, -0.1) is 11.3 Å². The molecule has 322 valence electrons. The fourth-order valence-corrected chi connectivity index (χ4v) is 11.5. The Hall–Kier alpha value is -5.40. The van der Waals surface area contributed by atoms with E-state index in [2.05, 4.69) is 10.3 Å². The molecule has 7 rings (SSSR count). The van der Waals surface area contributed by atoms with E-state index >= 15 is 0 Å². The van der Waals surface area contributed by atoms with E-state index in [0.29, 0.717) is 42.8 Å². The number of amides is 1. The summed E-state index contributed by atoms with van der Waals surface area (Å²) in [5.74, 6) is -2.23. The Labute approximate surface area is 366 Å². The summed E-state index contributed by atoms with van der Waals surface area (Å²) in [4.78, 5) is 39.1. The lowest BCUT2D eigenvalue weighted by Crippen LogP contribution is -2.32. The minimum atomic E-state index is -4.05. The molecule has 15 nitrogen and oxygen atoms in total. The van der Waals surface area contributed by atoms with Crippen LogP contribution in [0.15, 0.2) is 88.0 Å². The van der Waals surface area contributed by atoms with Gasteiger partial charge in [-0.25, -0.2) is 26.6 Å². The number of carboxylic acids is 2. The molecule has 61 heavy (non-hydrogen) atoms. The Morgan fingerprint density at radius 1 is 0.721 bits per heavy atom. The summed E-state index contributed by atoms with van der Waals surface area (Å²) >= 11 is 13.2. The van der Waals surface area contributed by atoms with Gasteiger partial charge in [-0.05, 0) is 110 Å². The van der Waals surface area contributed by atoms with E-state index < -0.39 is 37.9 Å². The number of benzene rings is 4. The van der Waals surface area contributed by atoms with Gasteiger partial charge in [-0.3, -0.25) is 23.5 Å². The van der Waals surface area contributed by atoms with Crippen LogP contribution < -0.4 is 23.4 Å². The molecule has 3 N–H and O–H groups in total. The summed E-state index contributed by atoms with van der Waals surface area (Å²) in [5.41, 5.74) is 3.06. The number of thiazole rings is 1. The lowest BCUT2D eigenvalue weighted by Gasteiger charge is -2.26. The summed E-state index contributed by atoms with van der Waals surface area (Å²) in [6, 6.07) is 18.4. The number of ether oxygens (including phenoxy) is 2. The van der Waals surface area contributed by atoms with Crippen molar-refractivity contribution in [3.05, 3.63) is 116 Å². The average Bonchev–Trinajstić information content (AvgIpc) is 3.40. The van der Waals surface area contributed by atoms with E-state index in [1.54, 1.807) is 41.8 Å². The molecular weight excluding hydrogens is 892 g/mol. The molecular formula is C41H40Cl2N4O11S3. The minimum Gasteiger partial charge on any atom is -0.495 e. The number of hydrogen-bond donors (Lipinski definition) is 3. The molecule has 0 spiro atoms. The van der Waals surface area contributed by atoms with Gasteiger partial charge in [0.25, 0.3) is 26.0 Å². The number of carboxylic acid groups (broad SMARTS) is 2. The van der Waals surface area contributed by atoms with Crippen molar-refractivity contribution < 1.29 is 50.9 Å². The second kappa shape index (κ2) is 19.1. The monoisotopic (exact) mass is 930 g/mol. The van der Waals surface area contributed by atoms with E-state index in [1.807, 2.05) is 0 Å². The van der Waals surface area contributed by atoms with E-state index in [4.69, 9.17) is 37.8 Å². The van der Waals surface area contributed by atoms with E-state index in [-0.39, 0.29) is 67.1 Å². The van der Waals surface area contributed by atoms with Crippen LogP contribution in [0.2, 0.25) is 10.0 Å². The maximum absolute atomic E-state index is 13.7.